The molecule has 0 fully saturated rings. The van der Waals surface area contributed by atoms with E-state index in [1.54, 1.807) is 0 Å². The normalized spacial score (nSPS) is 13.2. The summed E-state index contributed by atoms with van der Waals surface area (Å²) in [6, 6.07) is 5.60. The molecule has 1 atom stereocenters. The molecule has 1 aromatic carbocycles. The number of halogens is 4. The summed E-state index contributed by atoms with van der Waals surface area (Å²) in [4.78, 5) is 3.60. The van der Waals surface area contributed by atoms with Crippen LogP contribution in [0.3, 0.4) is 0 Å². The van der Waals surface area contributed by atoms with Gasteiger partial charge < -0.3 is 5.32 Å². The second kappa shape index (κ2) is 5.58. The third-order valence-corrected chi connectivity index (χ3v) is 2.98. The second-order valence-electron chi connectivity index (χ2n) is 4.20. The van der Waals surface area contributed by atoms with Gasteiger partial charge in [-0.3, -0.25) is 4.98 Å². The summed E-state index contributed by atoms with van der Waals surface area (Å²) in [5.74, 6) is -0.649. The first-order valence-corrected chi connectivity index (χ1v) is 5.88. The zero-order valence-corrected chi connectivity index (χ0v) is 10.6. The number of benzene rings is 1. The molecule has 2 rings (SSSR count). The van der Waals surface area contributed by atoms with Crippen LogP contribution in [-0.2, 0) is 6.18 Å². The molecular weight excluding hydrogens is 272 g/mol. The van der Waals surface area contributed by atoms with Crippen LogP contribution in [0.25, 0.3) is 0 Å². The largest absolute Gasteiger partial charge is 0.416 e. The Bertz CT molecular complexity index is 596. The number of nitrogens with one attached hydrogen (secondary N) is 1. The molecule has 0 saturated carbocycles. The fourth-order valence-corrected chi connectivity index (χ4v) is 2.11. The zero-order valence-electron chi connectivity index (χ0n) is 10.6. The van der Waals surface area contributed by atoms with E-state index < -0.39 is 23.6 Å². The van der Waals surface area contributed by atoms with Gasteiger partial charge in [0.1, 0.15) is 5.82 Å². The minimum atomic E-state index is -4.49. The average molecular weight is 284 g/mol. The number of rotatable bonds is 3. The molecule has 0 amide bonds. The van der Waals surface area contributed by atoms with Gasteiger partial charge in [-0.05, 0) is 24.7 Å². The standard InChI is InChI=1S/C14H12F4N2/c1-19-13(10-6-7-20-8-12(10)15)9-4-2-3-5-11(9)14(16,17)18/h2-8,13,19H,1H3. The Morgan fingerprint density at radius 3 is 2.40 bits per heavy atom. The molecular formula is C14H12F4N2. The molecule has 1 heterocycles. The molecule has 2 nitrogen and oxygen atoms in total. The van der Waals surface area contributed by atoms with Crippen molar-refractivity contribution in [3.8, 4) is 0 Å². The van der Waals surface area contributed by atoms with Crippen LogP contribution in [0.2, 0.25) is 0 Å². The van der Waals surface area contributed by atoms with Crippen LogP contribution < -0.4 is 5.32 Å². The van der Waals surface area contributed by atoms with Gasteiger partial charge in [0.2, 0.25) is 0 Å². The van der Waals surface area contributed by atoms with Gasteiger partial charge in [-0.1, -0.05) is 18.2 Å². The van der Waals surface area contributed by atoms with E-state index in [-0.39, 0.29) is 11.1 Å². The van der Waals surface area contributed by atoms with Crippen LogP contribution in [0.5, 0.6) is 0 Å². The number of pyridine rings is 1. The molecule has 0 spiro atoms. The van der Waals surface area contributed by atoms with Crippen molar-refractivity contribution in [2.45, 2.75) is 12.2 Å². The van der Waals surface area contributed by atoms with E-state index in [9.17, 15) is 17.6 Å². The first-order chi connectivity index (χ1) is 9.45. The van der Waals surface area contributed by atoms with Gasteiger partial charge in [-0.25, -0.2) is 4.39 Å². The molecule has 6 heteroatoms. The highest BCUT2D eigenvalue weighted by atomic mass is 19.4. The summed E-state index contributed by atoms with van der Waals surface area (Å²) in [5.41, 5.74) is -0.678. The van der Waals surface area contributed by atoms with Crippen molar-refractivity contribution in [3.05, 3.63) is 65.2 Å². The quantitative estimate of drug-likeness (QED) is 0.872. The smallest absolute Gasteiger partial charge is 0.309 e. The zero-order chi connectivity index (χ0) is 14.8. The van der Waals surface area contributed by atoms with E-state index in [0.29, 0.717) is 0 Å². The third kappa shape index (κ3) is 2.80. The molecule has 1 unspecified atom stereocenters. The number of nitrogens with zero attached hydrogens (tertiary/aromatic N) is 1. The lowest BCUT2D eigenvalue weighted by atomic mass is 9.94. The number of hydrogen-bond acceptors (Lipinski definition) is 2. The Balaban J connectivity index is 2.57. The predicted octanol–water partition coefficient (Wildman–Crippen LogP) is 3.55. The van der Waals surface area contributed by atoms with E-state index >= 15 is 0 Å². The summed E-state index contributed by atoms with van der Waals surface area (Å²) in [7, 11) is 1.48. The average Bonchev–Trinajstić information content (AvgIpc) is 2.41. The molecule has 0 radical (unpaired) electrons. The lowest BCUT2D eigenvalue weighted by molar-refractivity contribution is -0.138. The highest BCUT2D eigenvalue weighted by Crippen LogP contribution is 2.36. The SMILES string of the molecule is CNC(c1ccncc1F)c1ccccc1C(F)(F)F. The summed E-state index contributed by atoms with van der Waals surface area (Å²) >= 11 is 0. The Morgan fingerprint density at radius 1 is 1.10 bits per heavy atom. The van der Waals surface area contributed by atoms with Crippen LogP contribution in [0.1, 0.15) is 22.7 Å². The fraction of sp³-hybridized carbons (Fsp3) is 0.214. The molecule has 20 heavy (non-hydrogen) atoms. The third-order valence-electron chi connectivity index (χ3n) is 2.98. The molecule has 106 valence electrons. The second-order valence-corrected chi connectivity index (χ2v) is 4.20. The van der Waals surface area contributed by atoms with Crippen molar-refractivity contribution < 1.29 is 17.6 Å². The number of aromatic nitrogens is 1. The minimum absolute atomic E-state index is 0.0207. The van der Waals surface area contributed by atoms with E-state index in [1.807, 2.05) is 0 Å². The Hall–Kier alpha value is -1.95. The fourth-order valence-electron chi connectivity index (χ4n) is 2.11. The Labute approximate surface area is 113 Å². The van der Waals surface area contributed by atoms with Crippen molar-refractivity contribution in [3.63, 3.8) is 0 Å². The molecule has 1 aromatic heterocycles. The van der Waals surface area contributed by atoms with Crippen molar-refractivity contribution >= 4 is 0 Å². The first-order valence-electron chi connectivity index (χ1n) is 5.88. The van der Waals surface area contributed by atoms with Gasteiger partial charge in [-0.15, -0.1) is 0 Å². The van der Waals surface area contributed by atoms with E-state index in [2.05, 4.69) is 10.3 Å². The van der Waals surface area contributed by atoms with Crippen molar-refractivity contribution in [2.75, 3.05) is 7.05 Å². The van der Waals surface area contributed by atoms with Gasteiger partial charge in [0, 0.05) is 11.8 Å². The van der Waals surface area contributed by atoms with Gasteiger partial charge in [-0.2, -0.15) is 13.2 Å². The summed E-state index contributed by atoms with van der Waals surface area (Å²) in [5, 5.41) is 2.72. The van der Waals surface area contributed by atoms with Crippen LogP contribution in [0.4, 0.5) is 17.6 Å². The van der Waals surface area contributed by atoms with Crippen LogP contribution >= 0.6 is 0 Å². The molecule has 1 N–H and O–H groups in total. The lowest BCUT2D eigenvalue weighted by Gasteiger charge is -2.22. The van der Waals surface area contributed by atoms with E-state index in [0.717, 1.165) is 12.3 Å². The van der Waals surface area contributed by atoms with Crippen LogP contribution in [-0.4, -0.2) is 12.0 Å². The van der Waals surface area contributed by atoms with Crippen LogP contribution in [0, 0.1) is 5.82 Å². The first kappa shape index (κ1) is 14.5. The van der Waals surface area contributed by atoms with Crippen LogP contribution in [0.15, 0.2) is 42.7 Å². The van der Waals surface area contributed by atoms with Crippen molar-refractivity contribution in [1.29, 1.82) is 0 Å². The summed E-state index contributed by atoms with van der Waals surface area (Å²) in [6.45, 7) is 0. The molecule has 0 bridgehead atoms. The molecule has 2 aromatic rings. The molecule has 0 saturated heterocycles. The summed E-state index contributed by atoms with van der Waals surface area (Å²) in [6.07, 6.45) is -2.16. The van der Waals surface area contributed by atoms with Gasteiger partial charge in [0.25, 0.3) is 0 Å². The molecule has 0 aliphatic rings. The minimum Gasteiger partial charge on any atom is -0.309 e. The molecule has 0 aliphatic heterocycles. The highest BCUT2D eigenvalue weighted by Gasteiger charge is 2.35. The van der Waals surface area contributed by atoms with Crippen molar-refractivity contribution in [1.82, 2.24) is 10.3 Å². The maximum Gasteiger partial charge on any atom is 0.416 e. The monoisotopic (exact) mass is 284 g/mol. The highest BCUT2D eigenvalue weighted by molar-refractivity contribution is 5.38. The number of hydrogen-bond donors (Lipinski definition) is 1. The van der Waals surface area contributed by atoms with E-state index in [1.165, 1.54) is 37.5 Å². The Morgan fingerprint density at radius 2 is 1.80 bits per heavy atom. The maximum absolute atomic E-state index is 13.8. The maximum atomic E-state index is 13.8. The van der Waals surface area contributed by atoms with Gasteiger partial charge in [0.15, 0.2) is 0 Å². The van der Waals surface area contributed by atoms with Gasteiger partial charge >= 0.3 is 6.18 Å². The number of alkyl halides is 3. The lowest BCUT2D eigenvalue weighted by Crippen LogP contribution is -2.23. The summed E-state index contributed by atoms with van der Waals surface area (Å²) < 4.78 is 52.8. The van der Waals surface area contributed by atoms with Crippen molar-refractivity contribution in [2.24, 2.45) is 0 Å². The molecule has 0 aliphatic carbocycles. The van der Waals surface area contributed by atoms with Gasteiger partial charge in [0.05, 0.1) is 17.8 Å². The predicted molar refractivity (Wildman–Crippen MR) is 66.5 cm³/mol. The Kier molecular flexibility index (Phi) is 4.04. The van der Waals surface area contributed by atoms with E-state index in [4.69, 9.17) is 0 Å². The topological polar surface area (TPSA) is 24.9 Å².